The molecule has 1 fully saturated rings. The van der Waals surface area contributed by atoms with Gasteiger partial charge in [0.2, 0.25) is 0 Å². The second-order valence-corrected chi connectivity index (χ2v) is 7.13. The van der Waals surface area contributed by atoms with Crippen molar-refractivity contribution in [1.82, 2.24) is 5.32 Å². The minimum Gasteiger partial charge on any atom is -0.368 e. The lowest BCUT2D eigenvalue weighted by Crippen LogP contribution is -2.42. The molecule has 1 aromatic rings. The van der Waals surface area contributed by atoms with E-state index in [4.69, 9.17) is 4.74 Å². The summed E-state index contributed by atoms with van der Waals surface area (Å²) in [4.78, 5) is 1.44. The molecular weight excluding hydrogens is 230 g/mol. The zero-order valence-electron chi connectivity index (χ0n) is 11.5. The molecular formula is C14H23NOS. The third-order valence-corrected chi connectivity index (χ3v) is 4.57. The summed E-state index contributed by atoms with van der Waals surface area (Å²) in [6, 6.07) is 2.61. The van der Waals surface area contributed by atoms with Gasteiger partial charge in [0.25, 0.3) is 0 Å². The van der Waals surface area contributed by atoms with E-state index in [1.165, 1.54) is 10.4 Å². The second-order valence-electron chi connectivity index (χ2n) is 6.13. The summed E-state index contributed by atoms with van der Waals surface area (Å²) in [7, 11) is 0. The number of thiophene rings is 1. The van der Waals surface area contributed by atoms with Crippen LogP contribution < -0.4 is 5.32 Å². The number of rotatable bonds is 3. The number of hydrogen-bond acceptors (Lipinski definition) is 3. The van der Waals surface area contributed by atoms with Crippen LogP contribution in [-0.4, -0.2) is 17.2 Å². The van der Waals surface area contributed by atoms with E-state index in [2.05, 4.69) is 51.4 Å². The van der Waals surface area contributed by atoms with Crippen LogP contribution in [-0.2, 0) is 11.3 Å². The van der Waals surface area contributed by atoms with Crippen molar-refractivity contribution < 1.29 is 4.74 Å². The highest BCUT2D eigenvalue weighted by atomic mass is 32.1. The van der Waals surface area contributed by atoms with Crippen LogP contribution in [0.4, 0.5) is 0 Å². The molecule has 0 saturated carbocycles. The van der Waals surface area contributed by atoms with E-state index in [1.54, 1.807) is 0 Å². The normalized spacial score (nSPS) is 26.3. The van der Waals surface area contributed by atoms with Crippen molar-refractivity contribution >= 4 is 11.3 Å². The van der Waals surface area contributed by atoms with Gasteiger partial charge in [-0.15, -0.1) is 11.3 Å². The molecule has 2 heterocycles. The second kappa shape index (κ2) is 4.38. The van der Waals surface area contributed by atoms with Crippen LogP contribution in [0.3, 0.4) is 0 Å². The SMILES string of the molecule is Cc1ccsc1CNC1CC(C)(C)OC1(C)C. The summed E-state index contributed by atoms with van der Waals surface area (Å²) >= 11 is 1.83. The summed E-state index contributed by atoms with van der Waals surface area (Å²) in [6.07, 6.45) is 1.07. The van der Waals surface area contributed by atoms with Gasteiger partial charge in [-0.2, -0.15) is 0 Å². The third kappa shape index (κ3) is 2.90. The van der Waals surface area contributed by atoms with Crippen LogP contribution in [0.15, 0.2) is 11.4 Å². The number of ether oxygens (including phenoxy) is 1. The van der Waals surface area contributed by atoms with Crippen LogP contribution >= 0.6 is 11.3 Å². The van der Waals surface area contributed by atoms with Crippen molar-refractivity contribution in [3.63, 3.8) is 0 Å². The van der Waals surface area contributed by atoms with Crippen LogP contribution in [0.5, 0.6) is 0 Å². The van der Waals surface area contributed by atoms with Crippen molar-refractivity contribution in [3.05, 3.63) is 21.9 Å². The van der Waals surface area contributed by atoms with E-state index >= 15 is 0 Å². The van der Waals surface area contributed by atoms with Gasteiger partial charge in [0.1, 0.15) is 0 Å². The predicted molar refractivity (Wildman–Crippen MR) is 73.5 cm³/mol. The van der Waals surface area contributed by atoms with Gasteiger partial charge in [0.05, 0.1) is 11.2 Å². The quantitative estimate of drug-likeness (QED) is 0.890. The fourth-order valence-corrected chi connectivity index (χ4v) is 3.54. The first kappa shape index (κ1) is 13.1. The molecule has 1 aromatic heterocycles. The molecule has 2 nitrogen and oxygen atoms in total. The molecule has 1 unspecified atom stereocenters. The molecule has 1 aliphatic rings. The van der Waals surface area contributed by atoms with Crippen LogP contribution in [0.2, 0.25) is 0 Å². The number of aryl methyl sites for hydroxylation is 1. The van der Waals surface area contributed by atoms with Gasteiger partial charge in [0, 0.05) is 17.5 Å². The molecule has 0 radical (unpaired) electrons. The third-order valence-electron chi connectivity index (χ3n) is 3.55. The standard InChI is InChI=1S/C14H23NOS/c1-10-6-7-17-11(10)9-15-12-8-13(2,3)16-14(12,4)5/h6-7,12,15H,8-9H2,1-5H3. The molecule has 1 N–H and O–H groups in total. The van der Waals surface area contributed by atoms with Gasteiger partial charge in [-0.05, 0) is 58.0 Å². The fraction of sp³-hybridized carbons (Fsp3) is 0.714. The van der Waals surface area contributed by atoms with Crippen LogP contribution in [0, 0.1) is 6.92 Å². The molecule has 1 saturated heterocycles. The Morgan fingerprint density at radius 2 is 2.12 bits per heavy atom. The Labute approximate surface area is 108 Å². The maximum absolute atomic E-state index is 6.09. The lowest BCUT2D eigenvalue weighted by atomic mass is 9.94. The smallest absolute Gasteiger partial charge is 0.0787 e. The molecule has 0 spiro atoms. The molecule has 1 aliphatic heterocycles. The fourth-order valence-electron chi connectivity index (χ4n) is 2.68. The topological polar surface area (TPSA) is 21.3 Å². The summed E-state index contributed by atoms with van der Waals surface area (Å²) in [5.74, 6) is 0. The van der Waals surface area contributed by atoms with E-state index in [0.29, 0.717) is 6.04 Å². The number of nitrogens with one attached hydrogen (secondary N) is 1. The maximum atomic E-state index is 6.09. The Hall–Kier alpha value is -0.380. The molecule has 2 rings (SSSR count). The van der Waals surface area contributed by atoms with E-state index < -0.39 is 0 Å². The maximum Gasteiger partial charge on any atom is 0.0787 e. The Morgan fingerprint density at radius 1 is 1.41 bits per heavy atom. The first-order chi connectivity index (χ1) is 7.80. The minimum atomic E-state index is -0.0747. The molecule has 0 aromatic carbocycles. The van der Waals surface area contributed by atoms with Gasteiger partial charge in [-0.1, -0.05) is 0 Å². The Bertz CT molecular complexity index is 395. The first-order valence-electron chi connectivity index (χ1n) is 6.27. The highest BCUT2D eigenvalue weighted by molar-refractivity contribution is 7.10. The molecule has 0 amide bonds. The molecule has 1 atom stereocenters. The summed E-state index contributed by atoms with van der Waals surface area (Å²) in [5.41, 5.74) is 1.30. The van der Waals surface area contributed by atoms with Crippen molar-refractivity contribution in [3.8, 4) is 0 Å². The van der Waals surface area contributed by atoms with Gasteiger partial charge >= 0.3 is 0 Å². The minimum absolute atomic E-state index is 0.00827. The molecule has 0 aliphatic carbocycles. The Balaban J connectivity index is 1.98. The van der Waals surface area contributed by atoms with Gasteiger partial charge < -0.3 is 10.1 Å². The first-order valence-corrected chi connectivity index (χ1v) is 7.15. The zero-order valence-corrected chi connectivity index (χ0v) is 12.3. The van der Waals surface area contributed by atoms with Gasteiger partial charge in [-0.3, -0.25) is 0 Å². The Morgan fingerprint density at radius 3 is 2.59 bits per heavy atom. The van der Waals surface area contributed by atoms with E-state index in [-0.39, 0.29) is 11.2 Å². The largest absolute Gasteiger partial charge is 0.368 e. The van der Waals surface area contributed by atoms with Gasteiger partial charge in [0.15, 0.2) is 0 Å². The van der Waals surface area contributed by atoms with Crippen LogP contribution in [0.25, 0.3) is 0 Å². The van der Waals surface area contributed by atoms with Crippen molar-refractivity contribution in [2.45, 2.75) is 64.8 Å². The lowest BCUT2D eigenvalue weighted by Gasteiger charge is -2.27. The van der Waals surface area contributed by atoms with E-state index in [0.717, 1.165) is 13.0 Å². The highest BCUT2D eigenvalue weighted by Gasteiger charge is 2.45. The molecule has 96 valence electrons. The Kier molecular flexibility index (Phi) is 3.36. The zero-order chi connectivity index (χ0) is 12.7. The highest BCUT2D eigenvalue weighted by Crippen LogP contribution is 2.37. The molecule has 3 heteroatoms. The average Bonchev–Trinajstić information content (AvgIpc) is 2.64. The monoisotopic (exact) mass is 253 g/mol. The lowest BCUT2D eigenvalue weighted by molar-refractivity contribution is -0.0699. The summed E-state index contributed by atoms with van der Waals surface area (Å²) in [6.45, 7) is 11.8. The number of hydrogen-bond donors (Lipinski definition) is 1. The predicted octanol–water partition coefficient (Wildman–Crippen LogP) is 3.49. The summed E-state index contributed by atoms with van der Waals surface area (Å²) < 4.78 is 6.09. The van der Waals surface area contributed by atoms with Crippen molar-refractivity contribution in [2.75, 3.05) is 0 Å². The molecule has 17 heavy (non-hydrogen) atoms. The van der Waals surface area contributed by atoms with E-state index in [9.17, 15) is 0 Å². The average molecular weight is 253 g/mol. The van der Waals surface area contributed by atoms with E-state index in [1.807, 2.05) is 11.3 Å². The molecule has 0 bridgehead atoms. The van der Waals surface area contributed by atoms with Crippen molar-refractivity contribution in [2.24, 2.45) is 0 Å². The van der Waals surface area contributed by atoms with Crippen LogP contribution in [0.1, 0.15) is 44.6 Å². The van der Waals surface area contributed by atoms with Crippen molar-refractivity contribution in [1.29, 1.82) is 0 Å². The van der Waals surface area contributed by atoms with Gasteiger partial charge in [-0.25, -0.2) is 0 Å². The summed E-state index contributed by atoms with van der Waals surface area (Å²) in [5, 5.41) is 5.82.